The maximum absolute atomic E-state index is 14.0. The Balaban J connectivity index is 1.36. The summed E-state index contributed by atoms with van der Waals surface area (Å²) in [5, 5.41) is 0.734. The predicted octanol–water partition coefficient (Wildman–Crippen LogP) is 4.17. The van der Waals surface area contributed by atoms with Crippen LogP contribution in [-0.4, -0.2) is 42.2 Å². The molecule has 1 amide bonds. The van der Waals surface area contributed by atoms with Gasteiger partial charge in [-0.1, -0.05) is 54.6 Å². The van der Waals surface area contributed by atoms with Gasteiger partial charge in [0, 0.05) is 26.2 Å². The van der Waals surface area contributed by atoms with Crippen LogP contribution >= 0.6 is 11.8 Å². The summed E-state index contributed by atoms with van der Waals surface area (Å²) in [6, 6.07) is 16.8. The van der Waals surface area contributed by atoms with Crippen molar-refractivity contribution in [2.24, 2.45) is 4.99 Å². The molecule has 1 fully saturated rings. The third-order valence-corrected chi connectivity index (χ3v) is 5.75. The first-order chi connectivity index (χ1) is 13.7. The Bertz CT molecular complexity index is 947. The molecule has 0 N–H and O–H groups in total. The number of allylic oxidation sites excluding steroid dienone is 2. The average Bonchev–Trinajstić information content (AvgIpc) is 3.10. The van der Waals surface area contributed by atoms with E-state index < -0.39 is 0 Å². The van der Waals surface area contributed by atoms with E-state index in [0.29, 0.717) is 36.8 Å². The van der Waals surface area contributed by atoms with Crippen molar-refractivity contribution in [1.82, 2.24) is 4.90 Å². The van der Waals surface area contributed by atoms with Crippen molar-refractivity contribution in [3.05, 3.63) is 83.0 Å². The zero-order chi connectivity index (χ0) is 19.3. The van der Waals surface area contributed by atoms with Gasteiger partial charge in [-0.25, -0.2) is 4.39 Å². The number of rotatable bonds is 3. The topological polar surface area (TPSA) is 35.9 Å². The number of carbonyl (C=O) groups excluding carboxylic acids is 1. The van der Waals surface area contributed by atoms with Gasteiger partial charge in [0.1, 0.15) is 5.82 Å². The molecule has 2 aliphatic rings. The number of amides is 1. The number of para-hydroxylation sites is 1. The van der Waals surface area contributed by atoms with Crippen LogP contribution in [0, 0.1) is 5.82 Å². The van der Waals surface area contributed by atoms with Crippen molar-refractivity contribution >= 4 is 34.6 Å². The lowest BCUT2D eigenvalue weighted by atomic mass is 10.2. The molecule has 0 atom stereocenters. The Labute approximate surface area is 168 Å². The lowest BCUT2D eigenvalue weighted by molar-refractivity contribution is -0.113. The Morgan fingerprint density at radius 1 is 0.929 bits per heavy atom. The fourth-order valence-corrected chi connectivity index (χ4v) is 4.12. The molecule has 0 spiro atoms. The van der Waals surface area contributed by atoms with E-state index in [9.17, 15) is 9.18 Å². The molecule has 28 heavy (non-hydrogen) atoms. The first-order valence-corrected chi connectivity index (χ1v) is 10.0. The van der Waals surface area contributed by atoms with Gasteiger partial charge in [0.2, 0.25) is 0 Å². The average molecular weight is 393 g/mol. The van der Waals surface area contributed by atoms with Crippen LogP contribution in [0.5, 0.6) is 0 Å². The Hall–Kier alpha value is -2.86. The number of amidine groups is 1. The first kappa shape index (κ1) is 18.5. The Kier molecular flexibility index (Phi) is 5.58. The number of thioether (sulfide) groups is 1. The molecule has 0 bridgehead atoms. The second-order valence-electron chi connectivity index (χ2n) is 6.53. The highest BCUT2D eigenvalue weighted by molar-refractivity contribution is 8.18. The molecule has 142 valence electrons. The monoisotopic (exact) mass is 393 g/mol. The SMILES string of the molecule is O=C1N=C(N2CCN(c3ccccc3F)CC2)S/C1=C/C=C/c1ccccc1. The van der Waals surface area contributed by atoms with Crippen LogP contribution in [0.25, 0.3) is 6.08 Å². The van der Waals surface area contributed by atoms with Gasteiger partial charge in [-0.2, -0.15) is 4.99 Å². The Morgan fingerprint density at radius 2 is 1.61 bits per heavy atom. The highest BCUT2D eigenvalue weighted by atomic mass is 32.2. The number of hydrogen-bond donors (Lipinski definition) is 0. The molecule has 4 nitrogen and oxygen atoms in total. The zero-order valence-electron chi connectivity index (χ0n) is 15.3. The number of benzene rings is 2. The molecule has 2 heterocycles. The van der Waals surface area contributed by atoms with Crippen LogP contribution in [0.1, 0.15) is 5.56 Å². The largest absolute Gasteiger partial charge is 0.366 e. The van der Waals surface area contributed by atoms with E-state index in [1.165, 1.54) is 17.8 Å². The first-order valence-electron chi connectivity index (χ1n) is 9.19. The van der Waals surface area contributed by atoms with Gasteiger partial charge in [-0.05, 0) is 35.5 Å². The minimum atomic E-state index is -0.200. The van der Waals surface area contributed by atoms with Crippen molar-refractivity contribution in [2.75, 3.05) is 31.1 Å². The Morgan fingerprint density at radius 3 is 2.36 bits per heavy atom. The highest BCUT2D eigenvalue weighted by Crippen LogP contribution is 2.30. The van der Waals surface area contributed by atoms with E-state index in [1.807, 2.05) is 59.5 Å². The molecule has 6 heteroatoms. The number of aliphatic imine (C=N–C) groups is 1. The van der Waals surface area contributed by atoms with Crippen LogP contribution in [0.4, 0.5) is 10.1 Å². The van der Waals surface area contributed by atoms with Crippen LogP contribution in [0.15, 0.2) is 76.6 Å². The minimum absolute atomic E-state index is 0.200. The summed E-state index contributed by atoms with van der Waals surface area (Å²) < 4.78 is 14.0. The molecule has 2 aliphatic heterocycles. The summed E-state index contributed by atoms with van der Waals surface area (Å²) >= 11 is 1.40. The predicted molar refractivity (Wildman–Crippen MR) is 114 cm³/mol. The quantitative estimate of drug-likeness (QED) is 0.733. The molecule has 2 aromatic carbocycles. The van der Waals surface area contributed by atoms with E-state index in [0.717, 1.165) is 10.7 Å². The molecule has 0 unspecified atom stereocenters. The molecular formula is C22H20FN3OS. The van der Waals surface area contributed by atoms with Gasteiger partial charge in [0.15, 0.2) is 5.17 Å². The lowest BCUT2D eigenvalue weighted by Gasteiger charge is -2.36. The van der Waals surface area contributed by atoms with Crippen LogP contribution in [0.2, 0.25) is 0 Å². The van der Waals surface area contributed by atoms with Crippen molar-refractivity contribution in [3.63, 3.8) is 0 Å². The molecule has 1 saturated heterocycles. The molecule has 2 aromatic rings. The standard InChI is InChI=1S/C22H20FN3OS/c23-18-10-4-5-11-19(18)25-13-15-26(16-14-25)22-24-21(27)20(28-22)12-6-9-17-7-2-1-3-8-17/h1-12H,13-16H2/b9-6+,20-12+. The maximum Gasteiger partial charge on any atom is 0.286 e. The van der Waals surface area contributed by atoms with Gasteiger partial charge in [-0.3, -0.25) is 4.79 Å². The van der Waals surface area contributed by atoms with Crippen molar-refractivity contribution < 1.29 is 9.18 Å². The second kappa shape index (κ2) is 8.44. The molecule has 0 radical (unpaired) electrons. The summed E-state index contributed by atoms with van der Waals surface area (Å²) in [4.78, 5) is 21.2. The normalized spacial score (nSPS) is 19.0. The van der Waals surface area contributed by atoms with E-state index in [1.54, 1.807) is 12.1 Å². The van der Waals surface area contributed by atoms with E-state index in [2.05, 4.69) is 9.89 Å². The number of piperazine rings is 1. The summed E-state index contributed by atoms with van der Waals surface area (Å²) in [7, 11) is 0. The van der Waals surface area contributed by atoms with Crippen molar-refractivity contribution in [1.29, 1.82) is 0 Å². The van der Waals surface area contributed by atoms with E-state index in [4.69, 9.17) is 0 Å². The van der Waals surface area contributed by atoms with Gasteiger partial charge < -0.3 is 9.80 Å². The fraction of sp³-hybridized carbons (Fsp3) is 0.182. The molecule has 0 aromatic heterocycles. The number of hydrogen-bond acceptors (Lipinski definition) is 4. The van der Waals surface area contributed by atoms with Crippen LogP contribution < -0.4 is 4.90 Å². The van der Waals surface area contributed by atoms with Gasteiger partial charge >= 0.3 is 0 Å². The number of anilines is 1. The third kappa shape index (κ3) is 4.17. The second-order valence-corrected chi connectivity index (χ2v) is 7.54. The van der Waals surface area contributed by atoms with Crippen LogP contribution in [0.3, 0.4) is 0 Å². The summed E-state index contributed by atoms with van der Waals surface area (Å²) in [5.41, 5.74) is 1.71. The number of nitrogens with zero attached hydrogens (tertiary/aromatic N) is 3. The molecule has 0 aliphatic carbocycles. The highest BCUT2D eigenvalue weighted by Gasteiger charge is 2.28. The molecule has 4 rings (SSSR count). The van der Waals surface area contributed by atoms with Gasteiger partial charge in [0.05, 0.1) is 10.6 Å². The van der Waals surface area contributed by atoms with E-state index >= 15 is 0 Å². The van der Waals surface area contributed by atoms with Crippen molar-refractivity contribution in [2.45, 2.75) is 0 Å². The smallest absolute Gasteiger partial charge is 0.286 e. The summed E-state index contributed by atoms with van der Waals surface area (Å²) in [6.07, 6.45) is 5.66. The zero-order valence-corrected chi connectivity index (χ0v) is 16.1. The van der Waals surface area contributed by atoms with Crippen molar-refractivity contribution in [3.8, 4) is 0 Å². The fourth-order valence-electron chi connectivity index (χ4n) is 3.20. The van der Waals surface area contributed by atoms with Gasteiger partial charge in [-0.15, -0.1) is 0 Å². The number of halogens is 1. The maximum atomic E-state index is 14.0. The number of carbonyl (C=O) groups is 1. The minimum Gasteiger partial charge on any atom is -0.366 e. The summed E-state index contributed by atoms with van der Waals surface area (Å²) in [6.45, 7) is 2.81. The lowest BCUT2D eigenvalue weighted by Crippen LogP contribution is -2.48. The van der Waals surface area contributed by atoms with E-state index in [-0.39, 0.29) is 11.7 Å². The molecular weight excluding hydrogens is 373 g/mol. The third-order valence-electron chi connectivity index (χ3n) is 4.69. The van der Waals surface area contributed by atoms with Crippen LogP contribution in [-0.2, 0) is 4.79 Å². The molecule has 0 saturated carbocycles. The van der Waals surface area contributed by atoms with Gasteiger partial charge in [0.25, 0.3) is 5.91 Å². The summed E-state index contributed by atoms with van der Waals surface area (Å²) in [5.74, 6) is -0.400.